The van der Waals surface area contributed by atoms with Gasteiger partial charge in [-0.05, 0) is 58.1 Å². The van der Waals surface area contributed by atoms with Crippen LogP contribution in [0, 0.1) is 0 Å². The average molecular weight is 765 g/mol. The molecule has 0 saturated carbocycles. The van der Waals surface area contributed by atoms with Crippen LogP contribution in [-0.2, 0) is 15.5 Å². The Balaban J connectivity index is 0.00000153. The van der Waals surface area contributed by atoms with Crippen LogP contribution in [0.4, 0.5) is 11.4 Å². The molecule has 0 fully saturated rings. The van der Waals surface area contributed by atoms with E-state index in [0.717, 1.165) is 22.8 Å². The Labute approximate surface area is 253 Å². The molecule has 37 heavy (non-hydrogen) atoms. The quantitative estimate of drug-likeness (QED) is 0.124. The minimum absolute atomic E-state index is 0.429. The van der Waals surface area contributed by atoms with E-state index in [0.29, 0.717) is 23.7 Å². The first-order valence-electron chi connectivity index (χ1n) is 12.9. The molecule has 0 aliphatic heterocycles. The van der Waals surface area contributed by atoms with Crippen molar-refractivity contribution in [1.82, 2.24) is 4.57 Å². The maximum absolute atomic E-state index is 5.00. The third-order valence-electron chi connectivity index (χ3n) is 6.54. The maximum atomic E-state index is 5.00. The number of nitrogens with zero attached hydrogens (tertiary/aromatic N) is 3. The summed E-state index contributed by atoms with van der Waals surface area (Å²) in [6, 6.07) is 17.3. The van der Waals surface area contributed by atoms with Gasteiger partial charge in [-0.25, -0.2) is 0 Å². The number of halogens is 2. The number of para-hydroxylation sites is 2. The number of hydrogen-bond donors (Lipinski definition) is 0. The Kier molecular flexibility index (Phi) is 13.6. The van der Waals surface area contributed by atoms with Gasteiger partial charge in [0, 0.05) is 7.05 Å². The summed E-state index contributed by atoms with van der Waals surface area (Å²) in [6.45, 7) is 17.9. The van der Waals surface area contributed by atoms with Gasteiger partial charge in [-0.3, -0.25) is 9.98 Å². The van der Waals surface area contributed by atoms with Crippen LogP contribution >= 0.6 is 40.7 Å². The molecule has 0 amide bonds. The third-order valence-corrected chi connectivity index (χ3v) is 6.54. The summed E-state index contributed by atoms with van der Waals surface area (Å²) in [4.78, 5) is 9.99. The zero-order valence-corrected chi connectivity index (χ0v) is 29.0. The standard InChI is InChI=1S/C31H41N3.Fe.2HI/c1-20(2)26-12-10-13-27(21(3)4)30(26)32-18-24-16-17-25(34(24)9)19-33-31-28(22(5)6)14-11-15-29(31)23(7)8;;;/h10-23H,1-9H3;;2*1H/q;+2;;/p-2. The van der Waals surface area contributed by atoms with Crippen LogP contribution in [0.15, 0.2) is 58.5 Å². The molecule has 1 heterocycles. The first-order valence-corrected chi connectivity index (χ1v) is 20.0. The van der Waals surface area contributed by atoms with Gasteiger partial charge in [0.2, 0.25) is 0 Å². The number of hydrogen-bond acceptors (Lipinski definition) is 2. The molecule has 3 rings (SSSR count). The van der Waals surface area contributed by atoms with Crippen molar-refractivity contribution in [3.8, 4) is 0 Å². The second kappa shape index (κ2) is 15.6. The molecule has 6 heteroatoms. The van der Waals surface area contributed by atoms with Gasteiger partial charge in [-0.1, -0.05) is 91.8 Å². The molecule has 0 aliphatic rings. The summed E-state index contributed by atoms with van der Waals surface area (Å²) in [7, 11) is 3.27. The fraction of sp³-hybridized carbons (Fsp3) is 0.419. The van der Waals surface area contributed by atoms with E-state index in [1.807, 2.05) is 12.4 Å². The van der Waals surface area contributed by atoms with E-state index in [-0.39, 0.29) is 0 Å². The molecule has 0 spiro atoms. The van der Waals surface area contributed by atoms with Gasteiger partial charge in [-0.2, -0.15) is 0 Å². The molecule has 0 saturated heterocycles. The van der Waals surface area contributed by atoms with Crippen LogP contribution in [-0.4, -0.2) is 17.0 Å². The molecule has 2 aromatic carbocycles. The van der Waals surface area contributed by atoms with E-state index in [4.69, 9.17) is 9.98 Å². The number of aliphatic imine (C=N–C) groups is 2. The summed E-state index contributed by atoms with van der Waals surface area (Å²) in [6.07, 6.45) is 3.98. The molecule has 1 aromatic heterocycles. The molecule has 3 nitrogen and oxygen atoms in total. The molecule has 0 bridgehead atoms. The van der Waals surface area contributed by atoms with Gasteiger partial charge in [0.25, 0.3) is 0 Å². The summed E-state index contributed by atoms with van der Waals surface area (Å²) >= 11 is 4.55. The van der Waals surface area contributed by atoms with E-state index < -0.39 is 0 Å². The Morgan fingerprint density at radius 3 is 1.11 bits per heavy atom. The summed E-state index contributed by atoms with van der Waals surface area (Å²) in [5.74, 6) is 1.72. The number of aromatic nitrogens is 1. The number of benzene rings is 2. The molecule has 0 aliphatic carbocycles. The van der Waals surface area contributed by atoms with E-state index in [9.17, 15) is 0 Å². The van der Waals surface area contributed by atoms with E-state index in [1.165, 1.54) is 30.7 Å². The SMILES string of the molecule is CC(C)c1cccc(C(C)C)c1N=Cc1ccc(C=Nc2c(C(C)C)cccc2C(C)C)n1C.[I][Fe][I]. The molecule has 0 radical (unpaired) electrons. The minimum atomic E-state index is 0.429. The zero-order valence-electron chi connectivity index (χ0n) is 23.5. The van der Waals surface area contributed by atoms with Gasteiger partial charge in [0.15, 0.2) is 0 Å². The van der Waals surface area contributed by atoms with Crippen LogP contribution in [0.25, 0.3) is 0 Å². The monoisotopic (exact) mass is 765 g/mol. The molecule has 3 aromatic rings. The van der Waals surface area contributed by atoms with E-state index >= 15 is 0 Å². The Hall–Kier alpha value is -0.961. The molecule has 0 atom stereocenters. The Morgan fingerprint density at radius 1 is 0.595 bits per heavy atom. The molecular formula is C31H41FeI2N3. The Bertz CT molecular complexity index is 1060. The van der Waals surface area contributed by atoms with Crippen LogP contribution in [0.1, 0.15) is 113 Å². The predicted octanol–water partition coefficient (Wildman–Crippen LogP) is 10.8. The fourth-order valence-electron chi connectivity index (χ4n) is 4.39. The summed E-state index contributed by atoms with van der Waals surface area (Å²) in [5, 5.41) is 0. The van der Waals surface area contributed by atoms with Crippen molar-refractivity contribution in [2.24, 2.45) is 17.0 Å². The van der Waals surface area contributed by atoms with Crippen molar-refractivity contribution in [2.75, 3.05) is 0 Å². The first-order chi connectivity index (χ1) is 17.5. The van der Waals surface area contributed by atoms with Crippen LogP contribution in [0.2, 0.25) is 0 Å². The second-order valence-electron chi connectivity index (χ2n) is 10.5. The normalized spacial score (nSPS) is 12.1. The average Bonchev–Trinajstić information content (AvgIpc) is 3.20. The van der Waals surface area contributed by atoms with Crippen molar-refractivity contribution < 1.29 is 8.46 Å². The summed E-state index contributed by atoms with van der Waals surface area (Å²) in [5.41, 5.74) is 9.53. The van der Waals surface area contributed by atoms with Crippen molar-refractivity contribution in [1.29, 1.82) is 0 Å². The van der Waals surface area contributed by atoms with Crippen LogP contribution in [0.3, 0.4) is 0 Å². The molecule has 0 N–H and O–H groups in total. The van der Waals surface area contributed by atoms with Gasteiger partial charge in [-0.15, -0.1) is 0 Å². The van der Waals surface area contributed by atoms with Crippen molar-refractivity contribution in [3.63, 3.8) is 0 Å². The van der Waals surface area contributed by atoms with Crippen molar-refractivity contribution in [2.45, 2.75) is 79.1 Å². The van der Waals surface area contributed by atoms with Crippen LogP contribution < -0.4 is 0 Å². The fourth-order valence-corrected chi connectivity index (χ4v) is 4.39. The number of rotatable bonds is 8. The molecule has 202 valence electrons. The Morgan fingerprint density at radius 2 is 0.865 bits per heavy atom. The summed E-state index contributed by atoms with van der Waals surface area (Å²) < 4.78 is 2.16. The van der Waals surface area contributed by atoms with Crippen molar-refractivity contribution >= 4 is 64.5 Å². The van der Waals surface area contributed by atoms with E-state index in [2.05, 4.69) is 156 Å². The zero-order chi connectivity index (χ0) is 27.7. The van der Waals surface area contributed by atoms with Gasteiger partial charge in [0.05, 0.1) is 35.2 Å². The third kappa shape index (κ3) is 8.77. The van der Waals surface area contributed by atoms with Crippen LogP contribution in [0.5, 0.6) is 0 Å². The molecular weight excluding hydrogens is 724 g/mol. The van der Waals surface area contributed by atoms with Gasteiger partial charge >= 0.3 is 49.1 Å². The van der Waals surface area contributed by atoms with Gasteiger partial charge < -0.3 is 4.57 Å². The van der Waals surface area contributed by atoms with Crippen molar-refractivity contribution in [3.05, 3.63) is 82.2 Å². The van der Waals surface area contributed by atoms with Gasteiger partial charge in [0.1, 0.15) is 0 Å². The second-order valence-corrected chi connectivity index (χ2v) is 19.8. The topological polar surface area (TPSA) is 29.6 Å². The first kappa shape index (κ1) is 32.3. The predicted molar refractivity (Wildman–Crippen MR) is 177 cm³/mol. The molecule has 0 unspecified atom stereocenters. The van der Waals surface area contributed by atoms with E-state index in [1.54, 1.807) is 0 Å².